The molecule has 90 valence electrons. The van der Waals surface area contributed by atoms with Gasteiger partial charge in [0.2, 0.25) is 5.89 Å². The highest BCUT2D eigenvalue weighted by molar-refractivity contribution is 4.91. The highest BCUT2D eigenvalue weighted by Gasteiger charge is 2.37. The number of hydrogen-bond donors (Lipinski definition) is 1. The molecule has 1 heterocycles. The normalized spacial score (nSPS) is 18.2. The van der Waals surface area contributed by atoms with Gasteiger partial charge in [-0.05, 0) is 12.8 Å². The predicted molar refractivity (Wildman–Crippen MR) is 48.4 cm³/mol. The van der Waals surface area contributed by atoms with Crippen LogP contribution in [0.1, 0.15) is 37.4 Å². The lowest BCUT2D eigenvalue weighted by Crippen LogP contribution is -2.25. The molecule has 0 amide bonds. The summed E-state index contributed by atoms with van der Waals surface area (Å²) < 4.78 is 40.9. The van der Waals surface area contributed by atoms with Crippen LogP contribution in [0.2, 0.25) is 0 Å². The Morgan fingerprint density at radius 1 is 1.31 bits per heavy atom. The molecule has 4 nitrogen and oxygen atoms in total. The molecule has 0 radical (unpaired) electrons. The molecule has 1 saturated carbocycles. The van der Waals surface area contributed by atoms with Gasteiger partial charge in [-0.3, -0.25) is 0 Å². The van der Waals surface area contributed by atoms with Crippen LogP contribution in [0.25, 0.3) is 0 Å². The highest BCUT2D eigenvalue weighted by atomic mass is 19.4. The summed E-state index contributed by atoms with van der Waals surface area (Å²) in [7, 11) is 0. The molecule has 1 fully saturated rings. The third-order valence-electron chi connectivity index (χ3n) is 2.62. The van der Waals surface area contributed by atoms with Gasteiger partial charge in [-0.15, -0.1) is 0 Å². The quantitative estimate of drug-likeness (QED) is 0.871. The van der Waals surface area contributed by atoms with Gasteiger partial charge in [0.05, 0.1) is 6.54 Å². The smallest absolute Gasteiger partial charge is 0.338 e. The second kappa shape index (κ2) is 4.40. The van der Waals surface area contributed by atoms with Crippen LogP contribution in [-0.2, 0) is 12.7 Å². The fourth-order valence-electron chi connectivity index (χ4n) is 1.80. The van der Waals surface area contributed by atoms with E-state index in [9.17, 15) is 13.2 Å². The van der Waals surface area contributed by atoms with E-state index >= 15 is 0 Å². The maximum atomic E-state index is 12.1. The first kappa shape index (κ1) is 11.4. The molecule has 2 rings (SSSR count). The van der Waals surface area contributed by atoms with Crippen molar-refractivity contribution >= 4 is 0 Å². The van der Waals surface area contributed by atoms with Gasteiger partial charge in [0.25, 0.3) is 5.82 Å². The summed E-state index contributed by atoms with van der Waals surface area (Å²) in [6.07, 6.45) is -0.0970. The van der Waals surface area contributed by atoms with Gasteiger partial charge in [-0.1, -0.05) is 18.0 Å². The van der Waals surface area contributed by atoms with E-state index in [1.54, 1.807) is 0 Å². The molecule has 0 atom stereocenters. The van der Waals surface area contributed by atoms with Crippen LogP contribution < -0.4 is 5.32 Å². The SMILES string of the molecule is FC(F)(F)c1noc(CNC2CCCC2)n1. The largest absolute Gasteiger partial charge is 0.455 e. The first-order valence-electron chi connectivity index (χ1n) is 5.19. The molecular formula is C9H12F3N3O. The van der Waals surface area contributed by atoms with Gasteiger partial charge in [-0.25, -0.2) is 0 Å². The molecule has 1 aromatic rings. The van der Waals surface area contributed by atoms with Crippen LogP contribution in [0.4, 0.5) is 13.2 Å². The Morgan fingerprint density at radius 2 is 2.00 bits per heavy atom. The lowest BCUT2D eigenvalue weighted by molar-refractivity contribution is -0.146. The third-order valence-corrected chi connectivity index (χ3v) is 2.62. The number of aromatic nitrogens is 2. The van der Waals surface area contributed by atoms with E-state index in [1.165, 1.54) is 0 Å². The van der Waals surface area contributed by atoms with E-state index in [0.29, 0.717) is 6.04 Å². The molecule has 0 aliphatic heterocycles. The monoisotopic (exact) mass is 235 g/mol. The van der Waals surface area contributed by atoms with Gasteiger partial charge in [0.15, 0.2) is 0 Å². The summed E-state index contributed by atoms with van der Waals surface area (Å²) in [6, 6.07) is 0.362. The molecule has 1 aliphatic rings. The molecule has 16 heavy (non-hydrogen) atoms. The van der Waals surface area contributed by atoms with Gasteiger partial charge in [-0.2, -0.15) is 18.2 Å². The number of hydrogen-bond acceptors (Lipinski definition) is 4. The number of halogens is 3. The second-order valence-corrected chi connectivity index (χ2v) is 3.87. The van der Waals surface area contributed by atoms with E-state index in [0.717, 1.165) is 25.7 Å². The molecule has 1 N–H and O–H groups in total. The summed E-state index contributed by atoms with van der Waals surface area (Å²) in [6.45, 7) is 0.202. The van der Waals surface area contributed by atoms with Gasteiger partial charge >= 0.3 is 6.18 Å². The van der Waals surface area contributed by atoms with Gasteiger partial charge < -0.3 is 9.84 Å². The Bertz CT molecular complexity index is 344. The van der Waals surface area contributed by atoms with Crippen LogP contribution >= 0.6 is 0 Å². The minimum atomic E-state index is -4.53. The lowest BCUT2D eigenvalue weighted by atomic mass is 10.2. The Morgan fingerprint density at radius 3 is 2.56 bits per heavy atom. The van der Waals surface area contributed by atoms with Crippen LogP contribution in [0.3, 0.4) is 0 Å². The zero-order valence-electron chi connectivity index (χ0n) is 8.55. The van der Waals surface area contributed by atoms with Crippen molar-refractivity contribution in [2.75, 3.05) is 0 Å². The zero-order chi connectivity index (χ0) is 11.6. The molecule has 0 saturated heterocycles. The van der Waals surface area contributed by atoms with E-state index < -0.39 is 12.0 Å². The zero-order valence-corrected chi connectivity index (χ0v) is 8.55. The number of rotatable bonds is 3. The van der Waals surface area contributed by atoms with Crippen molar-refractivity contribution in [3.8, 4) is 0 Å². The fourth-order valence-corrected chi connectivity index (χ4v) is 1.80. The third kappa shape index (κ3) is 2.72. The van der Waals surface area contributed by atoms with Crippen molar-refractivity contribution in [1.29, 1.82) is 0 Å². The van der Waals surface area contributed by atoms with Crippen LogP contribution in [0, 0.1) is 0 Å². The van der Waals surface area contributed by atoms with Crippen LogP contribution in [0.5, 0.6) is 0 Å². The summed E-state index contributed by atoms with van der Waals surface area (Å²) >= 11 is 0. The first-order valence-corrected chi connectivity index (χ1v) is 5.19. The summed E-state index contributed by atoms with van der Waals surface area (Å²) in [5.41, 5.74) is 0. The molecule has 0 aromatic carbocycles. The molecule has 7 heteroatoms. The van der Waals surface area contributed by atoms with Gasteiger partial charge in [0, 0.05) is 6.04 Å². The molecule has 0 bridgehead atoms. The number of nitrogens with one attached hydrogen (secondary N) is 1. The minimum Gasteiger partial charge on any atom is -0.338 e. The van der Waals surface area contributed by atoms with E-state index in [1.807, 2.05) is 0 Å². The predicted octanol–water partition coefficient (Wildman–Crippen LogP) is 2.12. The standard InChI is InChI=1S/C9H12F3N3O/c10-9(11,12)8-14-7(16-15-8)5-13-6-3-1-2-4-6/h6,13H,1-5H2. The maximum Gasteiger partial charge on any atom is 0.455 e. The Kier molecular flexibility index (Phi) is 3.13. The first-order chi connectivity index (χ1) is 7.55. The van der Waals surface area contributed by atoms with Gasteiger partial charge in [0.1, 0.15) is 0 Å². The summed E-state index contributed by atoms with van der Waals surface area (Å²) in [5, 5.41) is 5.98. The van der Waals surface area contributed by atoms with Crippen LogP contribution in [0.15, 0.2) is 4.52 Å². The Balaban J connectivity index is 1.87. The van der Waals surface area contributed by atoms with Crippen molar-refractivity contribution < 1.29 is 17.7 Å². The Labute approximate surface area is 90.2 Å². The molecule has 0 unspecified atom stereocenters. The Hall–Kier alpha value is -1.11. The van der Waals surface area contributed by atoms with E-state index in [2.05, 4.69) is 20.0 Å². The minimum absolute atomic E-state index is 0.0146. The average Bonchev–Trinajstić information content (AvgIpc) is 2.85. The lowest BCUT2D eigenvalue weighted by Gasteiger charge is -2.08. The average molecular weight is 235 g/mol. The highest BCUT2D eigenvalue weighted by Crippen LogP contribution is 2.26. The van der Waals surface area contributed by atoms with Crippen molar-refractivity contribution in [3.63, 3.8) is 0 Å². The van der Waals surface area contributed by atoms with Crippen molar-refractivity contribution in [3.05, 3.63) is 11.7 Å². The molecule has 1 aliphatic carbocycles. The molecular weight excluding hydrogens is 223 g/mol. The molecule has 0 spiro atoms. The van der Waals surface area contributed by atoms with Crippen molar-refractivity contribution in [2.24, 2.45) is 0 Å². The number of alkyl halides is 3. The topological polar surface area (TPSA) is 51.0 Å². The summed E-state index contributed by atoms with van der Waals surface area (Å²) in [5.74, 6) is -1.23. The fraction of sp³-hybridized carbons (Fsp3) is 0.778. The van der Waals surface area contributed by atoms with E-state index in [-0.39, 0.29) is 12.4 Å². The van der Waals surface area contributed by atoms with Crippen molar-refractivity contribution in [2.45, 2.75) is 44.4 Å². The van der Waals surface area contributed by atoms with Crippen LogP contribution in [-0.4, -0.2) is 16.2 Å². The number of nitrogens with zero attached hydrogens (tertiary/aromatic N) is 2. The maximum absolute atomic E-state index is 12.1. The molecule has 1 aromatic heterocycles. The van der Waals surface area contributed by atoms with Crippen molar-refractivity contribution in [1.82, 2.24) is 15.5 Å². The van der Waals surface area contributed by atoms with E-state index in [4.69, 9.17) is 0 Å². The summed E-state index contributed by atoms with van der Waals surface area (Å²) in [4.78, 5) is 3.28. The second-order valence-electron chi connectivity index (χ2n) is 3.87.